The molecule has 0 unspecified atom stereocenters. The molecule has 0 rings (SSSR count). The van der Waals surface area contributed by atoms with Gasteiger partial charge in [-0.1, -0.05) is 89.3 Å². The predicted octanol–water partition coefficient (Wildman–Crippen LogP) is 5.93. The van der Waals surface area contributed by atoms with Crippen LogP contribution in [0, 0.1) is 5.41 Å². The van der Waals surface area contributed by atoms with E-state index in [0.717, 1.165) is 5.75 Å². The predicted molar refractivity (Wildman–Crippen MR) is 101 cm³/mol. The van der Waals surface area contributed by atoms with Crippen LogP contribution >= 0.6 is 35.7 Å². The fraction of sp³-hybridized carbons (Fsp3) is 0.933. The second-order valence-electron chi connectivity index (χ2n) is 5.10. The van der Waals surface area contributed by atoms with Crippen molar-refractivity contribution in [1.29, 1.82) is 5.41 Å². The van der Waals surface area contributed by atoms with E-state index in [1.165, 1.54) is 88.8 Å². The summed E-state index contributed by atoms with van der Waals surface area (Å²) in [5, 5.41) is 7.35. The molecular weight excluding hydrogens is 367 g/mol. The molecule has 3 N–H and O–H groups in total. The highest BCUT2D eigenvalue weighted by Crippen LogP contribution is 2.12. The standard InChI is InChI=1S/C15H32N2S.HI/c1-2-3-4-5-6-7-8-9-10-11-12-13-14-18-15(16)17;/h2-14H2,1H3,(H3,16,17);1H. The maximum atomic E-state index is 7.09. The molecule has 0 atom stereocenters. The van der Waals surface area contributed by atoms with Crippen LogP contribution in [0.15, 0.2) is 0 Å². The Balaban J connectivity index is 0. The van der Waals surface area contributed by atoms with Gasteiger partial charge in [0.2, 0.25) is 0 Å². The van der Waals surface area contributed by atoms with Crippen molar-refractivity contribution in [2.45, 2.75) is 84.0 Å². The van der Waals surface area contributed by atoms with Crippen LogP contribution in [0.2, 0.25) is 0 Å². The van der Waals surface area contributed by atoms with Crippen LogP contribution in [-0.2, 0) is 0 Å². The minimum Gasteiger partial charge on any atom is -0.379 e. The van der Waals surface area contributed by atoms with Crippen LogP contribution < -0.4 is 5.73 Å². The summed E-state index contributed by atoms with van der Waals surface area (Å²) in [5.41, 5.74) is 5.28. The Hall–Kier alpha value is 0.550. The maximum Gasteiger partial charge on any atom is 0.151 e. The number of nitrogens with one attached hydrogen (secondary N) is 1. The van der Waals surface area contributed by atoms with E-state index in [1.807, 2.05) is 0 Å². The first-order valence-corrected chi connectivity index (χ1v) is 8.72. The van der Waals surface area contributed by atoms with Gasteiger partial charge >= 0.3 is 0 Å². The van der Waals surface area contributed by atoms with E-state index >= 15 is 0 Å². The Labute approximate surface area is 141 Å². The van der Waals surface area contributed by atoms with Crippen LogP contribution in [0.4, 0.5) is 0 Å². The minimum absolute atomic E-state index is 0. The number of amidine groups is 1. The normalized spacial score (nSPS) is 10.2. The zero-order valence-corrected chi connectivity index (χ0v) is 15.7. The fourth-order valence-electron chi connectivity index (χ4n) is 2.13. The number of unbranched alkanes of at least 4 members (excludes halogenated alkanes) is 11. The van der Waals surface area contributed by atoms with Crippen molar-refractivity contribution in [1.82, 2.24) is 0 Å². The monoisotopic (exact) mass is 400 g/mol. The zero-order chi connectivity index (χ0) is 13.5. The van der Waals surface area contributed by atoms with Crippen LogP contribution in [-0.4, -0.2) is 10.9 Å². The van der Waals surface area contributed by atoms with E-state index in [4.69, 9.17) is 11.1 Å². The molecule has 0 aromatic heterocycles. The summed E-state index contributed by atoms with van der Waals surface area (Å²) in [6.45, 7) is 2.27. The van der Waals surface area contributed by atoms with Crippen molar-refractivity contribution >= 4 is 40.9 Å². The average Bonchev–Trinajstić information content (AvgIpc) is 2.34. The number of rotatable bonds is 13. The lowest BCUT2D eigenvalue weighted by Crippen LogP contribution is -2.04. The molecule has 0 spiro atoms. The van der Waals surface area contributed by atoms with Crippen LogP contribution in [0.25, 0.3) is 0 Å². The lowest BCUT2D eigenvalue weighted by molar-refractivity contribution is 0.548. The highest BCUT2D eigenvalue weighted by atomic mass is 127. The fourth-order valence-corrected chi connectivity index (χ4v) is 2.69. The van der Waals surface area contributed by atoms with E-state index in [0.29, 0.717) is 0 Å². The summed E-state index contributed by atoms with van der Waals surface area (Å²) in [7, 11) is 0. The first-order chi connectivity index (χ1) is 8.77. The molecular formula is C15H33IN2S. The lowest BCUT2D eigenvalue weighted by atomic mass is 10.1. The molecule has 0 saturated carbocycles. The van der Waals surface area contributed by atoms with E-state index in [1.54, 1.807) is 0 Å². The Morgan fingerprint density at radius 3 is 1.53 bits per heavy atom. The second-order valence-corrected chi connectivity index (χ2v) is 6.24. The average molecular weight is 400 g/mol. The third kappa shape index (κ3) is 21.0. The number of halogens is 1. The van der Waals surface area contributed by atoms with Crippen molar-refractivity contribution < 1.29 is 0 Å². The van der Waals surface area contributed by atoms with Gasteiger partial charge in [0.15, 0.2) is 5.17 Å². The molecule has 19 heavy (non-hydrogen) atoms. The summed E-state index contributed by atoms with van der Waals surface area (Å²) in [4.78, 5) is 0. The first-order valence-electron chi connectivity index (χ1n) is 7.74. The molecule has 0 amide bonds. The Bertz CT molecular complexity index is 189. The van der Waals surface area contributed by atoms with Gasteiger partial charge in [0.05, 0.1) is 0 Å². The third-order valence-electron chi connectivity index (χ3n) is 3.26. The van der Waals surface area contributed by atoms with Gasteiger partial charge in [0, 0.05) is 5.75 Å². The summed E-state index contributed by atoms with van der Waals surface area (Å²) in [6.07, 6.45) is 16.6. The van der Waals surface area contributed by atoms with Crippen molar-refractivity contribution in [3.8, 4) is 0 Å². The Morgan fingerprint density at radius 1 is 0.789 bits per heavy atom. The van der Waals surface area contributed by atoms with Gasteiger partial charge in [-0.25, -0.2) is 0 Å². The van der Waals surface area contributed by atoms with Crippen molar-refractivity contribution in [2.24, 2.45) is 5.73 Å². The SMILES string of the molecule is CCCCCCCCCCCCCCSC(=N)N.I. The first kappa shape index (κ1) is 21.8. The third-order valence-corrected chi connectivity index (χ3v) is 4.06. The molecule has 0 aliphatic rings. The van der Waals surface area contributed by atoms with Crippen molar-refractivity contribution in [2.75, 3.05) is 5.75 Å². The molecule has 0 aromatic rings. The molecule has 0 bridgehead atoms. The summed E-state index contributed by atoms with van der Waals surface area (Å²) >= 11 is 1.47. The van der Waals surface area contributed by atoms with E-state index in [2.05, 4.69) is 6.92 Å². The molecule has 0 heterocycles. The highest BCUT2D eigenvalue weighted by molar-refractivity contribution is 14.0. The van der Waals surface area contributed by atoms with Gasteiger partial charge < -0.3 is 5.73 Å². The molecule has 0 aliphatic carbocycles. The van der Waals surface area contributed by atoms with E-state index in [9.17, 15) is 0 Å². The largest absolute Gasteiger partial charge is 0.379 e. The highest BCUT2D eigenvalue weighted by Gasteiger charge is 1.94. The zero-order valence-electron chi connectivity index (χ0n) is 12.6. The van der Waals surface area contributed by atoms with E-state index < -0.39 is 0 Å². The Kier molecular flexibility index (Phi) is 21.3. The number of nitrogens with two attached hydrogens (primary N) is 1. The topological polar surface area (TPSA) is 49.9 Å². The van der Waals surface area contributed by atoms with Gasteiger partial charge in [-0.3, -0.25) is 5.41 Å². The smallest absolute Gasteiger partial charge is 0.151 e. The van der Waals surface area contributed by atoms with Gasteiger partial charge in [0.1, 0.15) is 0 Å². The molecule has 0 saturated heterocycles. The molecule has 0 radical (unpaired) electrons. The van der Waals surface area contributed by atoms with Crippen LogP contribution in [0.3, 0.4) is 0 Å². The summed E-state index contributed by atoms with van der Waals surface area (Å²) in [5.74, 6) is 1.02. The number of thioether (sulfide) groups is 1. The molecule has 0 aromatic carbocycles. The summed E-state index contributed by atoms with van der Waals surface area (Å²) in [6, 6.07) is 0. The Morgan fingerprint density at radius 2 is 1.16 bits per heavy atom. The van der Waals surface area contributed by atoms with Gasteiger partial charge in [0.25, 0.3) is 0 Å². The molecule has 2 nitrogen and oxygen atoms in total. The lowest BCUT2D eigenvalue weighted by Gasteiger charge is -2.02. The van der Waals surface area contributed by atoms with Gasteiger partial charge in [-0.2, -0.15) is 0 Å². The van der Waals surface area contributed by atoms with Crippen molar-refractivity contribution in [3.05, 3.63) is 0 Å². The quantitative estimate of drug-likeness (QED) is 0.174. The molecule has 116 valence electrons. The van der Waals surface area contributed by atoms with Crippen LogP contribution in [0.5, 0.6) is 0 Å². The molecule has 0 fully saturated rings. The van der Waals surface area contributed by atoms with Crippen LogP contribution in [0.1, 0.15) is 84.0 Å². The molecule has 4 heteroatoms. The van der Waals surface area contributed by atoms with Gasteiger partial charge in [-0.05, 0) is 6.42 Å². The van der Waals surface area contributed by atoms with E-state index in [-0.39, 0.29) is 29.1 Å². The van der Waals surface area contributed by atoms with Gasteiger partial charge in [-0.15, -0.1) is 24.0 Å². The van der Waals surface area contributed by atoms with Crippen molar-refractivity contribution in [3.63, 3.8) is 0 Å². The molecule has 0 aliphatic heterocycles. The number of hydrogen-bond acceptors (Lipinski definition) is 2. The minimum atomic E-state index is 0. The maximum absolute atomic E-state index is 7.09. The summed E-state index contributed by atoms with van der Waals surface area (Å²) < 4.78 is 0. The number of hydrogen-bond donors (Lipinski definition) is 2. The second kappa shape index (κ2) is 18.6.